The molecule has 1 saturated heterocycles. The molecule has 2 aliphatic rings. The van der Waals surface area contributed by atoms with Crippen molar-refractivity contribution in [3.05, 3.63) is 65.2 Å². The Balaban J connectivity index is 1.31. The van der Waals surface area contributed by atoms with E-state index in [-0.39, 0.29) is 17.9 Å². The van der Waals surface area contributed by atoms with Gasteiger partial charge in [0.25, 0.3) is 5.91 Å². The Morgan fingerprint density at radius 2 is 1.79 bits per heavy atom. The van der Waals surface area contributed by atoms with Gasteiger partial charge < -0.3 is 10.2 Å². The van der Waals surface area contributed by atoms with E-state index in [2.05, 4.69) is 41.4 Å². The lowest BCUT2D eigenvalue weighted by Crippen LogP contribution is -2.44. The van der Waals surface area contributed by atoms with Gasteiger partial charge in [-0.3, -0.25) is 14.5 Å². The van der Waals surface area contributed by atoms with E-state index in [4.69, 9.17) is 0 Å². The van der Waals surface area contributed by atoms with Crippen LogP contribution < -0.4 is 10.2 Å². The standard InChI is InChI=1S/C23H27N3O2/c1-17(25-14-12-18-5-2-3-6-20(18)16-25)15-24-23(28)19-8-10-21(11-9-19)26-13-4-7-22(26)27/h2-3,5-6,8-11,17H,4,7,12-16H2,1H3,(H,24,28). The quantitative estimate of drug-likeness (QED) is 0.872. The van der Waals surface area contributed by atoms with Crippen LogP contribution in [0.15, 0.2) is 48.5 Å². The van der Waals surface area contributed by atoms with Gasteiger partial charge in [0.15, 0.2) is 0 Å². The van der Waals surface area contributed by atoms with Crippen molar-refractivity contribution in [1.29, 1.82) is 0 Å². The van der Waals surface area contributed by atoms with Crippen molar-refractivity contribution in [3.8, 4) is 0 Å². The molecule has 5 nitrogen and oxygen atoms in total. The van der Waals surface area contributed by atoms with Crippen LogP contribution in [0.25, 0.3) is 0 Å². The van der Waals surface area contributed by atoms with Gasteiger partial charge in [-0.1, -0.05) is 24.3 Å². The van der Waals surface area contributed by atoms with E-state index in [9.17, 15) is 9.59 Å². The highest BCUT2D eigenvalue weighted by Crippen LogP contribution is 2.22. The minimum Gasteiger partial charge on any atom is -0.350 e. The fourth-order valence-corrected chi connectivity index (χ4v) is 4.08. The van der Waals surface area contributed by atoms with Gasteiger partial charge in [-0.25, -0.2) is 0 Å². The van der Waals surface area contributed by atoms with E-state index in [1.54, 1.807) is 17.0 Å². The molecule has 0 aromatic heterocycles. The van der Waals surface area contributed by atoms with E-state index in [1.807, 2.05) is 12.1 Å². The van der Waals surface area contributed by atoms with E-state index < -0.39 is 0 Å². The Bertz CT molecular complexity index is 862. The molecule has 1 N–H and O–H groups in total. The predicted octanol–water partition coefficient (Wildman–Crippen LogP) is 2.99. The molecular formula is C23H27N3O2. The highest BCUT2D eigenvalue weighted by atomic mass is 16.2. The normalized spacial score (nSPS) is 18.0. The molecule has 1 fully saturated rings. The number of nitrogens with one attached hydrogen (secondary N) is 1. The summed E-state index contributed by atoms with van der Waals surface area (Å²) in [6.07, 6.45) is 2.58. The molecule has 28 heavy (non-hydrogen) atoms. The molecule has 1 atom stereocenters. The van der Waals surface area contributed by atoms with Crippen LogP contribution in [0, 0.1) is 0 Å². The van der Waals surface area contributed by atoms with Crippen molar-refractivity contribution in [2.75, 3.05) is 24.5 Å². The van der Waals surface area contributed by atoms with Gasteiger partial charge >= 0.3 is 0 Å². The third-order valence-corrected chi connectivity index (χ3v) is 5.86. The largest absolute Gasteiger partial charge is 0.350 e. The maximum Gasteiger partial charge on any atom is 0.251 e. The molecular weight excluding hydrogens is 350 g/mol. The molecule has 2 amide bonds. The number of fused-ring (bicyclic) bond motifs is 1. The molecule has 0 aliphatic carbocycles. The van der Waals surface area contributed by atoms with Gasteiger partial charge in [0.05, 0.1) is 0 Å². The molecule has 0 radical (unpaired) electrons. The maximum absolute atomic E-state index is 12.5. The van der Waals surface area contributed by atoms with E-state index in [1.165, 1.54) is 11.1 Å². The van der Waals surface area contributed by atoms with Crippen LogP contribution in [0.1, 0.15) is 41.3 Å². The lowest BCUT2D eigenvalue weighted by atomic mass is 9.99. The number of hydrogen-bond acceptors (Lipinski definition) is 3. The summed E-state index contributed by atoms with van der Waals surface area (Å²) in [5.74, 6) is 0.0951. The van der Waals surface area contributed by atoms with Crippen LogP contribution in [0.4, 0.5) is 5.69 Å². The summed E-state index contributed by atoms with van der Waals surface area (Å²) in [6.45, 7) is 5.50. The van der Waals surface area contributed by atoms with Crippen LogP contribution in [0.2, 0.25) is 0 Å². The monoisotopic (exact) mass is 377 g/mol. The number of rotatable bonds is 5. The molecule has 0 spiro atoms. The molecule has 2 aliphatic heterocycles. The van der Waals surface area contributed by atoms with Crippen LogP contribution in [0.3, 0.4) is 0 Å². The van der Waals surface area contributed by atoms with Gasteiger partial charge in [-0.2, -0.15) is 0 Å². The van der Waals surface area contributed by atoms with Crippen molar-refractivity contribution >= 4 is 17.5 Å². The van der Waals surface area contributed by atoms with E-state index >= 15 is 0 Å². The SMILES string of the molecule is CC(CNC(=O)c1ccc(N2CCCC2=O)cc1)N1CCc2ccccc2C1. The first-order valence-electron chi connectivity index (χ1n) is 10.1. The van der Waals surface area contributed by atoms with Crippen LogP contribution >= 0.6 is 0 Å². The second kappa shape index (κ2) is 8.15. The number of anilines is 1. The number of benzene rings is 2. The lowest BCUT2D eigenvalue weighted by Gasteiger charge is -2.33. The zero-order valence-electron chi connectivity index (χ0n) is 16.4. The summed E-state index contributed by atoms with van der Waals surface area (Å²) >= 11 is 0. The second-order valence-corrected chi connectivity index (χ2v) is 7.74. The van der Waals surface area contributed by atoms with E-state index in [0.717, 1.165) is 38.2 Å². The Hall–Kier alpha value is -2.66. The Labute approximate surface area is 166 Å². The van der Waals surface area contributed by atoms with Gasteiger partial charge in [0, 0.05) is 49.9 Å². The predicted molar refractivity (Wildman–Crippen MR) is 110 cm³/mol. The van der Waals surface area contributed by atoms with Gasteiger partial charge in [-0.15, -0.1) is 0 Å². The molecule has 2 aromatic carbocycles. The zero-order valence-corrected chi connectivity index (χ0v) is 16.4. The molecule has 146 valence electrons. The Morgan fingerprint density at radius 1 is 1.04 bits per heavy atom. The first kappa shape index (κ1) is 18.7. The fourth-order valence-electron chi connectivity index (χ4n) is 4.08. The third kappa shape index (κ3) is 3.94. The number of amides is 2. The first-order chi connectivity index (χ1) is 13.6. The van der Waals surface area contributed by atoms with Crippen molar-refractivity contribution in [2.24, 2.45) is 0 Å². The van der Waals surface area contributed by atoms with Crippen molar-refractivity contribution in [2.45, 2.75) is 38.8 Å². The molecule has 0 saturated carbocycles. The smallest absolute Gasteiger partial charge is 0.251 e. The fraction of sp³-hybridized carbons (Fsp3) is 0.391. The Morgan fingerprint density at radius 3 is 2.50 bits per heavy atom. The molecule has 2 heterocycles. The molecule has 5 heteroatoms. The van der Waals surface area contributed by atoms with E-state index in [0.29, 0.717) is 18.5 Å². The van der Waals surface area contributed by atoms with Crippen LogP contribution in [-0.4, -0.2) is 42.4 Å². The summed E-state index contributed by atoms with van der Waals surface area (Å²) in [7, 11) is 0. The highest BCUT2D eigenvalue weighted by molar-refractivity contribution is 5.97. The third-order valence-electron chi connectivity index (χ3n) is 5.86. The Kier molecular flexibility index (Phi) is 5.44. The van der Waals surface area contributed by atoms with Gasteiger partial charge in [0.1, 0.15) is 0 Å². The second-order valence-electron chi connectivity index (χ2n) is 7.74. The molecule has 0 bridgehead atoms. The summed E-state index contributed by atoms with van der Waals surface area (Å²) in [5, 5.41) is 3.06. The molecule has 4 rings (SSSR count). The molecule has 2 aromatic rings. The average Bonchev–Trinajstić information content (AvgIpc) is 3.17. The van der Waals surface area contributed by atoms with Gasteiger partial charge in [-0.05, 0) is 55.2 Å². The van der Waals surface area contributed by atoms with Crippen molar-refractivity contribution in [1.82, 2.24) is 10.2 Å². The summed E-state index contributed by atoms with van der Waals surface area (Å²) in [5.41, 5.74) is 4.33. The average molecular weight is 377 g/mol. The first-order valence-corrected chi connectivity index (χ1v) is 10.1. The lowest BCUT2D eigenvalue weighted by molar-refractivity contribution is -0.117. The number of carbonyl (C=O) groups excluding carboxylic acids is 2. The summed E-state index contributed by atoms with van der Waals surface area (Å²) in [4.78, 5) is 28.6. The van der Waals surface area contributed by atoms with Crippen LogP contribution in [-0.2, 0) is 17.8 Å². The minimum atomic E-state index is -0.0661. The number of hydrogen-bond donors (Lipinski definition) is 1. The summed E-state index contributed by atoms with van der Waals surface area (Å²) in [6, 6.07) is 16.2. The zero-order chi connectivity index (χ0) is 19.5. The highest BCUT2D eigenvalue weighted by Gasteiger charge is 2.23. The molecule has 1 unspecified atom stereocenters. The summed E-state index contributed by atoms with van der Waals surface area (Å²) < 4.78 is 0. The topological polar surface area (TPSA) is 52.7 Å². The van der Waals surface area contributed by atoms with Crippen molar-refractivity contribution in [3.63, 3.8) is 0 Å². The number of carbonyl (C=O) groups is 2. The van der Waals surface area contributed by atoms with Crippen LogP contribution in [0.5, 0.6) is 0 Å². The van der Waals surface area contributed by atoms with Gasteiger partial charge in [0.2, 0.25) is 5.91 Å². The minimum absolute atomic E-state index is 0.0661. The maximum atomic E-state index is 12.5. The van der Waals surface area contributed by atoms with Crippen molar-refractivity contribution < 1.29 is 9.59 Å². The number of nitrogens with zero attached hydrogens (tertiary/aromatic N) is 2.